The number of aromatic nitrogens is 1. The molecule has 8 heteroatoms. The number of methoxy groups -OCH3 is 1. The van der Waals surface area contributed by atoms with Gasteiger partial charge in [-0.15, -0.1) is 0 Å². The summed E-state index contributed by atoms with van der Waals surface area (Å²) >= 11 is 0. The molecule has 19 heavy (non-hydrogen) atoms. The van der Waals surface area contributed by atoms with E-state index >= 15 is 0 Å². The van der Waals surface area contributed by atoms with Gasteiger partial charge in [0.1, 0.15) is 5.75 Å². The van der Waals surface area contributed by atoms with Crippen LogP contribution in [0, 0.1) is 6.92 Å². The maximum Gasteiger partial charge on any atom is 0.269 e. The summed E-state index contributed by atoms with van der Waals surface area (Å²) in [5, 5.41) is 9.58. The van der Waals surface area contributed by atoms with Crippen LogP contribution in [0.2, 0.25) is 0 Å². The Labute approximate surface area is 111 Å². The summed E-state index contributed by atoms with van der Waals surface area (Å²) in [6.07, 6.45) is 0.990. The predicted molar refractivity (Wildman–Crippen MR) is 68.9 cm³/mol. The summed E-state index contributed by atoms with van der Waals surface area (Å²) in [6, 6.07) is 0. The van der Waals surface area contributed by atoms with Crippen LogP contribution in [0.4, 0.5) is 0 Å². The Morgan fingerprint density at radius 2 is 1.95 bits per heavy atom. The highest BCUT2D eigenvalue weighted by atomic mass is 32.2. The molecule has 108 valence electrons. The van der Waals surface area contributed by atoms with Gasteiger partial charge >= 0.3 is 0 Å². The molecule has 0 fully saturated rings. The Hall–Kier alpha value is -1.38. The van der Waals surface area contributed by atoms with Gasteiger partial charge in [-0.25, -0.2) is 0 Å². The average Bonchev–Trinajstić information content (AvgIpc) is 2.28. The van der Waals surface area contributed by atoms with Gasteiger partial charge in [0.15, 0.2) is 5.88 Å². The van der Waals surface area contributed by atoms with E-state index in [1.807, 2.05) is 0 Å². The number of aromatic amines is 1. The molecule has 0 spiro atoms. The first-order chi connectivity index (χ1) is 8.76. The molecule has 0 aliphatic carbocycles. The fourth-order valence-electron chi connectivity index (χ4n) is 1.84. The number of aromatic hydroxyl groups is 1. The molecule has 3 N–H and O–H groups in total. The Balaban J connectivity index is 3.19. The van der Waals surface area contributed by atoms with Crippen LogP contribution < -0.4 is 5.56 Å². The summed E-state index contributed by atoms with van der Waals surface area (Å²) < 4.78 is 35.5. The number of rotatable bonds is 6. The quantitative estimate of drug-likeness (QED) is 0.514. The van der Waals surface area contributed by atoms with Gasteiger partial charge in [-0.05, 0) is 25.3 Å². The molecule has 0 unspecified atom stereocenters. The average molecular weight is 291 g/mol. The van der Waals surface area contributed by atoms with Crippen LogP contribution in [0.1, 0.15) is 23.1 Å². The molecule has 1 aromatic rings. The van der Waals surface area contributed by atoms with Crippen molar-refractivity contribution in [3.05, 3.63) is 27.0 Å². The van der Waals surface area contributed by atoms with Gasteiger partial charge in [-0.2, -0.15) is 8.42 Å². The predicted octanol–water partition coefficient (Wildman–Crippen LogP) is 0.356. The summed E-state index contributed by atoms with van der Waals surface area (Å²) in [5.74, 6) is -1.27. The topological polar surface area (TPSA) is 117 Å². The van der Waals surface area contributed by atoms with Crippen LogP contribution in [0.15, 0.2) is 4.79 Å². The Morgan fingerprint density at radius 1 is 1.32 bits per heavy atom. The van der Waals surface area contributed by atoms with Crippen LogP contribution in [-0.4, -0.2) is 36.8 Å². The molecule has 0 radical (unpaired) electrons. The molecule has 7 nitrogen and oxygen atoms in total. The van der Waals surface area contributed by atoms with E-state index < -0.39 is 27.3 Å². The van der Waals surface area contributed by atoms with Crippen molar-refractivity contribution in [2.75, 3.05) is 13.7 Å². The van der Waals surface area contributed by atoms with Crippen molar-refractivity contribution in [2.24, 2.45) is 0 Å². The largest absolute Gasteiger partial charge is 0.494 e. The fourth-order valence-corrected chi connectivity index (χ4v) is 2.56. The normalized spacial score (nSPS) is 11.7. The van der Waals surface area contributed by atoms with Crippen molar-refractivity contribution in [1.29, 1.82) is 0 Å². The lowest BCUT2D eigenvalue weighted by molar-refractivity contribution is 0.195. The lowest BCUT2D eigenvalue weighted by Gasteiger charge is -2.11. The Morgan fingerprint density at radius 3 is 2.47 bits per heavy atom. The van der Waals surface area contributed by atoms with E-state index in [2.05, 4.69) is 4.98 Å². The monoisotopic (exact) mass is 291 g/mol. The van der Waals surface area contributed by atoms with Crippen molar-refractivity contribution in [1.82, 2.24) is 4.98 Å². The summed E-state index contributed by atoms with van der Waals surface area (Å²) in [6.45, 7) is 2.00. The third-order valence-electron chi connectivity index (χ3n) is 2.80. The molecule has 0 saturated carbocycles. The number of nitrogens with one attached hydrogen (secondary N) is 1. The van der Waals surface area contributed by atoms with E-state index in [-0.39, 0.29) is 5.56 Å². The second-order valence-corrected chi connectivity index (χ2v) is 5.66. The molecular weight excluding hydrogens is 274 g/mol. The van der Waals surface area contributed by atoms with Gasteiger partial charge in [0, 0.05) is 24.8 Å². The van der Waals surface area contributed by atoms with Crippen LogP contribution in [-0.2, 0) is 27.0 Å². The summed E-state index contributed by atoms with van der Waals surface area (Å²) in [4.78, 5) is 13.9. The van der Waals surface area contributed by atoms with Crippen molar-refractivity contribution in [2.45, 2.75) is 25.5 Å². The zero-order chi connectivity index (χ0) is 14.6. The number of pyridine rings is 1. The lowest BCUT2D eigenvalue weighted by Crippen LogP contribution is -2.18. The lowest BCUT2D eigenvalue weighted by atomic mass is 10.0. The fraction of sp³-hybridized carbons (Fsp3) is 0.545. The summed E-state index contributed by atoms with van der Waals surface area (Å²) in [5.41, 5.74) is 0.295. The first-order valence-electron chi connectivity index (χ1n) is 5.64. The smallest absolute Gasteiger partial charge is 0.269 e. The third kappa shape index (κ3) is 4.34. The second kappa shape index (κ2) is 6.18. The molecule has 1 rings (SSSR count). The minimum Gasteiger partial charge on any atom is -0.494 e. The van der Waals surface area contributed by atoms with E-state index in [0.29, 0.717) is 30.6 Å². The number of ether oxygens (including phenoxy) is 1. The molecule has 0 amide bonds. The molecule has 0 aliphatic heterocycles. The highest BCUT2D eigenvalue weighted by Gasteiger charge is 2.18. The molecule has 1 heterocycles. The van der Waals surface area contributed by atoms with Gasteiger partial charge in [-0.3, -0.25) is 14.3 Å². The zero-order valence-corrected chi connectivity index (χ0v) is 11.6. The summed E-state index contributed by atoms with van der Waals surface area (Å²) in [7, 11) is -2.74. The standard InChI is InChI=1S/C11H17NO6S/c1-7-8(4-3-5-18-2)10(13)12-11(14)9(7)6-19(15,16)17/h3-6H2,1-2H3,(H2,12,13,14)(H,15,16,17). The van der Waals surface area contributed by atoms with Gasteiger partial charge in [0.2, 0.25) is 0 Å². The highest BCUT2D eigenvalue weighted by molar-refractivity contribution is 7.85. The van der Waals surface area contributed by atoms with Crippen molar-refractivity contribution in [3.8, 4) is 5.88 Å². The molecule has 0 bridgehead atoms. The van der Waals surface area contributed by atoms with E-state index in [1.165, 1.54) is 14.0 Å². The van der Waals surface area contributed by atoms with Gasteiger partial charge in [0.05, 0.1) is 0 Å². The van der Waals surface area contributed by atoms with Crippen LogP contribution in [0.5, 0.6) is 5.88 Å². The second-order valence-electron chi connectivity index (χ2n) is 4.21. The van der Waals surface area contributed by atoms with E-state index in [4.69, 9.17) is 9.29 Å². The minimum atomic E-state index is -4.28. The van der Waals surface area contributed by atoms with E-state index in [1.54, 1.807) is 0 Å². The first-order valence-corrected chi connectivity index (χ1v) is 7.25. The van der Waals surface area contributed by atoms with Gasteiger partial charge in [0.25, 0.3) is 15.7 Å². The molecule has 1 aromatic heterocycles. The number of H-pyrrole nitrogens is 1. The van der Waals surface area contributed by atoms with E-state index in [9.17, 15) is 18.3 Å². The van der Waals surface area contributed by atoms with Gasteiger partial charge in [-0.1, -0.05) is 0 Å². The van der Waals surface area contributed by atoms with Gasteiger partial charge < -0.3 is 9.84 Å². The molecule has 0 aliphatic rings. The Bertz CT molecular complexity index is 604. The highest BCUT2D eigenvalue weighted by Crippen LogP contribution is 2.21. The van der Waals surface area contributed by atoms with Crippen molar-refractivity contribution >= 4 is 10.1 Å². The molecule has 0 aromatic carbocycles. The van der Waals surface area contributed by atoms with Crippen LogP contribution in [0.25, 0.3) is 0 Å². The van der Waals surface area contributed by atoms with Crippen molar-refractivity contribution in [3.63, 3.8) is 0 Å². The number of hydrogen-bond acceptors (Lipinski definition) is 5. The van der Waals surface area contributed by atoms with E-state index in [0.717, 1.165) is 0 Å². The molecular formula is C11H17NO6S. The molecule has 0 saturated heterocycles. The van der Waals surface area contributed by atoms with Crippen molar-refractivity contribution < 1.29 is 22.8 Å². The Kier molecular flexibility index (Phi) is 5.10. The third-order valence-corrected chi connectivity index (χ3v) is 3.45. The molecule has 0 atom stereocenters. The minimum absolute atomic E-state index is 0.00881. The number of hydrogen-bond donors (Lipinski definition) is 3. The maximum atomic E-state index is 11.7. The zero-order valence-electron chi connectivity index (χ0n) is 10.8. The SMILES string of the molecule is COCCCc1c(C)c(CS(=O)(=O)O)c(O)[nH]c1=O. The van der Waals surface area contributed by atoms with Crippen LogP contribution in [0.3, 0.4) is 0 Å². The first kappa shape index (κ1) is 15.7. The maximum absolute atomic E-state index is 11.7. The van der Waals surface area contributed by atoms with Crippen LogP contribution >= 0.6 is 0 Å².